The fourth-order valence-corrected chi connectivity index (χ4v) is 1.65. The number of amides is 1. The molecule has 0 bridgehead atoms. The van der Waals surface area contributed by atoms with Gasteiger partial charge in [0.2, 0.25) is 0 Å². The number of aromatic nitrogens is 3. The van der Waals surface area contributed by atoms with Crippen LogP contribution >= 0.6 is 0 Å². The second-order valence-electron chi connectivity index (χ2n) is 3.87. The molecule has 3 aromatic heterocycles. The van der Waals surface area contributed by atoms with Gasteiger partial charge in [-0.05, 0) is 19.1 Å². The highest BCUT2D eigenvalue weighted by atomic mass is 16.5. The van der Waals surface area contributed by atoms with Gasteiger partial charge in [-0.3, -0.25) is 4.79 Å². The first-order valence-corrected chi connectivity index (χ1v) is 5.41. The van der Waals surface area contributed by atoms with E-state index in [1.165, 1.54) is 0 Å². The molecule has 1 amide bonds. The third-order valence-corrected chi connectivity index (χ3v) is 2.47. The Kier molecular flexibility index (Phi) is 2.33. The molecular formula is C12H10N4O2. The highest BCUT2D eigenvalue weighted by Crippen LogP contribution is 2.10. The number of anilines is 1. The molecular weight excluding hydrogens is 232 g/mol. The van der Waals surface area contributed by atoms with E-state index >= 15 is 0 Å². The van der Waals surface area contributed by atoms with Gasteiger partial charge < -0.3 is 14.2 Å². The molecule has 0 unspecified atom stereocenters. The highest BCUT2D eigenvalue weighted by molar-refractivity contribution is 6.02. The van der Waals surface area contributed by atoms with Crippen LogP contribution in [0.4, 0.5) is 5.82 Å². The monoisotopic (exact) mass is 242 g/mol. The van der Waals surface area contributed by atoms with Crippen LogP contribution < -0.4 is 5.32 Å². The SMILES string of the molecule is Cc1cc(NC(=O)c2cn3ccccc3n2)no1. The van der Waals surface area contributed by atoms with Gasteiger partial charge in [0.05, 0.1) is 0 Å². The second kappa shape index (κ2) is 3.99. The van der Waals surface area contributed by atoms with Gasteiger partial charge in [0.15, 0.2) is 5.82 Å². The number of carbonyl (C=O) groups is 1. The lowest BCUT2D eigenvalue weighted by Gasteiger charge is -1.95. The van der Waals surface area contributed by atoms with E-state index in [2.05, 4.69) is 15.5 Å². The predicted molar refractivity (Wildman–Crippen MR) is 64.4 cm³/mol. The molecule has 0 aliphatic rings. The zero-order chi connectivity index (χ0) is 12.5. The van der Waals surface area contributed by atoms with Crippen molar-refractivity contribution >= 4 is 17.4 Å². The van der Waals surface area contributed by atoms with Gasteiger partial charge in [0.25, 0.3) is 5.91 Å². The van der Waals surface area contributed by atoms with Crippen molar-refractivity contribution in [3.05, 3.63) is 48.1 Å². The Balaban J connectivity index is 1.87. The average molecular weight is 242 g/mol. The minimum atomic E-state index is -0.313. The molecule has 18 heavy (non-hydrogen) atoms. The predicted octanol–water partition coefficient (Wildman–Crippen LogP) is 1.88. The number of carbonyl (C=O) groups excluding carboxylic acids is 1. The summed E-state index contributed by atoms with van der Waals surface area (Å²) in [5.74, 6) is 0.710. The van der Waals surface area contributed by atoms with E-state index < -0.39 is 0 Å². The van der Waals surface area contributed by atoms with Gasteiger partial charge in [-0.2, -0.15) is 0 Å². The molecule has 0 fully saturated rings. The van der Waals surface area contributed by atoms with Crippen LogP contribution in [0.15, 0.2) is 41.2 Å². The normalized spacial score (nSPS) is 10.7. The summed E-state index contributed by atoms with van der Waals surface area (Å²) in [4.78, 5) is 16.1. The largest absolute Gasteiger partial charge is 0.360 e. The molecule has 6 nitrogen and oxygen atoms in total. The Morgan fingerprint density at radius 1 is 1.44 bits per heavy atom. The minimum Gasteiger partial charge on any atom is -0.360 e. The van der Waals surface area contributed by atoms with Crippen LogP contribution in [0, 0.1) is 6.92 Å². The number of fused-ring (bicyclic) bond motifs is 1. The van der Waals surface area contributed by atoms with E-state index in [0.717, 1.165) is 5.65 Å². The maximum atomic E-state index is 11.9. The molecule has 0 saturated heterocycles. The molecule has 1 N–H and O–H groups in total. The quantitative estimate of drug-likeness (QED) is 0.744. The number of pyridine rings is 1. The summed E-state index contributed by atoms with van der Waals surface area (Å²) >= 11 is 0. The smallest absolute Gasteiger partial charge is 0.277 e. The van der Waals surface area contributed by atoms with Crippen molar-refractivity contribution in [1.29, 1.82) is 0 Å². The Morgan fingerprint density at radius 2 is 2.33 bits per heavy atom. The van der Waals surface area contributed by atoms with Gasteiger partial charge in [-0.25, -0.2) is 4.98 Å². The summed E-state index contributed by atoms with van der Waals surface area (Å²) in [7, 11) is 0. The molecule has 3 aromatic rings. The number of hydrogen-bond donors (Lipinski definition) is 1. The van der Waals surface area contributed by atoms with Crippen molar-refractivity contribution in [3.63, 3.8) is 0 Å². The first-order valence-electron chi connectivity index (χ1n) is 5.41. The molecule has 3 heterocycles. The standard InChI is InChI=1S/C12H10N4O2/c1-8-6-10(15-18-8)14-12(17)9-7-16-5-3-2-4-11(16)13-9/h2-7H,1H3,(H,14,15,17). The topological polar surface area (TPSA) is 72.4 Å². The van der Waals surface area contributed by atoms with Gasteiger partial charge >= 0.3 is 0 Å². The number of aryl methyl sites for hydroxylation is 1. The van der Waals surface area contributed by atoms with Crippen LogP contribution in [0.2, 0.25) is 0 Å². The maximum Gasteiger partial charge on any atom is 0.277 e. The van der Waals surface area contributed by atoms with E-state index in [-0.39, 0.29) is 5.91 Å². The molecule has 0 atom stereocenters. The van der Waals surface area contributed by atoms with E-state index in [1.54, 1.807) is 23.6 Å². The van der Waals surface area contributed by atoms with Crippen LogP contribution in [-0.4, -0.2) is 20.4 Å². The highest BCUT2D eigenvalue weighted by Gasteiger charge is 2.12. The molecule has 90 valence electrons. The van der Waals surface area contributed by atoms with Crippen molar-refractivity contribution in [2.75, 3.05) is 5.32 Å². The summed E-state index contributed by atoms with van der Waals surface area (Å²) in [6, 6.07) is 7.22. The molecule has 0 radical (unpaired) electrons. The average Bonchev–Trinajstić information content (AvgIpc) is 2.95. The van der Waals surface area contributed by atoms with Crippen molar-refractivity contribution in [2.24, 2.45) is 0 Å². The van der Waals surface area contributed by atoms with Gasteiger partial charge in [0, 0.05) is 18.5 Å². The zero-order valence-corrected chi connectivity index (χ0v) is 9.62. The third-order valence-electron chi connectivity index (χ3n) is 2.47. The fourth-order valence-electron chi connectivity index (χ4n) is 1.65. The summed E-state index contributed by atoms with van der Waals surface area (Å²) < 4.78 is 6.65. The molecule has 0 aliphatic carbocycles. The molecule has 6 heteroatoms. The summed E-state index contributed by atoms with van der Waals surface area (Å²) in [5, 5.41) is 6.31. The summed E-state index contributed by atoms with van der Waals surface area (Å²) in [6.07, 6.45) is 3.50. The Hall–Kier alpha value is -2.63. The van der Waals surface area contributed by atoms with Crippen molar-refractivity contribution in [2.45, 2.75) is 6.92 Å². The lowest BCUT2D eigenvalue weighted by molar-refractivity contribution is 0.102. The number of hydrogen-bond acceptors (Lipinski definition) is 4. The van der Waals surface area contributed by atoms with E-state index in [1.807, 2.05) is 24.4 Å². The minimum absolute atomic E-state index is 0.313. The van der Waals surface area contributed by atoms with Gasteiger partial charge in [-0.15, -0.1) is 0 Å². The summed E-state index contributed by atoms with van der Waals surface area (Å²) in [6.45, 7) is 1.76. The van der Waals surface area contributed by atoms with Crippen molar-refractivity contribution in [3.8, 4) is 0 Å². The van der Waals surface area contributed by atoms with Crippen LogP contribution in [-0.2, 0) is 0 Å². The molecule has 0 aliphatic heterocycles. The molecule has 0 aromatic carbocycles. The molecule has 0 saturated carbocycles. The Bertz CT molecular complexity index is 681. The van der Waals surface area contributed by atoms with Gasteiger partial charge in [0.1, 0.15) is 17.1 Å². The van der Waals surface area contributed by atoms with Crippen molar-refractivity contribution in [1.82, 2.24) is 14.5 Å². The van der Waals surface area contributed by atoms with E-state index in [4.69, 9.17) is 4.52 Å². The lowest BCUT2D eigenvalue weighted by Crippen LogP contribution is -2.12. The van der Waals surface area contributed by atoms with Crippen LogP contribution in [0.3, 0.4) is 0 Å². The molecule has 0 spiro atoms. The first kappa shape index (κ1) is 10.5. The fraction of sp³-hybridized carbons (Fsp3) is 0.0833. The Morgan fingerprint density at radius 3 is 3.06 bits per heavy atom. The third kappa shape index (κ3) is 1.84. The van der Waals surface area contributed by atoms with Crippen LogP contribution in [0.5, 0.6) is 0 Å². The van der Waals surface area contributed by atoms with E-state index in [9.17, 15) is 4.79 Å². The zero-order valence-electron chi connectivity index (χ0n) is 9.62. The number of imidazole rings is 1. The number of rotatable bonds is 2. The lowest BCUT2D eigenvalue weighted by atomic mass is 10.4. The van der Waals surface area contributed by atoms with Crippen LogP contribution in [0.25, 0.3) is 5.65 Å². The number of nitrogens with zero attached hydrogens (tertiary/aromatic N) is 3. The second-order valence-corrected chi connectivity index (χ2v) is 3.87. The van der Waals surface area contributed by atoms with Crippen LogP contribution in [0.1, 0.15) is 16.2 Å². The molecule has 3 rings (SSSR count). The number of nitrogens with one attached hydrogen (secondary N) is 1. The Labute approximate surface area is 102 Å². The van der Waals surface area contributed by atoms with E-state index in [0.29, 0.717) is 17.3 Å². The van der Waals surface area contributed by atoms with Gasteiger partial charge in [-0.1, -0.05) is 11.2 Å². The van der Waals surface area contributed by atoms with Crippen molar-refractivity contribution < 1.29 is 9.32 Å². The summed E-state index contributed by atoms with van der Waals surface area (Å²) in [5.41, 5.74) is 1.06. The first-order chi connectivity index (χ1) is 8.72. The maximum absolute atomic E-state index is 11.9.